The van der Waals surface area contributed by atoms with E-state index in [2.05, 4.69) is 15.0 Å². The second-order valence-corrected chi connectivity index (χ2v) is 13.2. The summed E-state index contributed by atoms with van der Waals surface area (Å²) in [4.78, 5) is 56.2. The van der Waals surface area contributed by atoms with Crippen LogP contribution in [0.4, 0.5) is 10.1 Å². The molecule has 3 aromatic carbocycles. The van der Waals surface area contributed by atoms with Crippen molar-refractivity contribution in [2.75, 3.05) is 18.5 Å². The number of nitrogens with one attached hydrogen (secondary N) is 1. The van der Waals surface area contributed by atoms with Crippen LogP contribution in [0.5, 0.6) is 0 Å². The van der Waals surface area contributed by atoms with Crippen molar-refractivity contribution < 1.29 is 48.8 Å². The summed E-state index contributed by atoms with van der Waals surface area (Å²) in [7, 11) is 0. The number of ether oxygens (including phenoxy) is 1. The Kier molecular flexibility index (Phi) is 15.6. The average Bonchev–Trinajstić information content (AvgIpc) is 3.49. The topological polar surface area (TPSA) is 206 Å². The molecule has 4 rings (SSSR count). The van der Waals surface area contributed by atoms with Gasteiger partial charge in [0.15, 0.2) is 0 Å². The molecule has 1 amide bonds. The van der Waals surface area contributed by atoms with E-state index >= 15 is 0 Å². The molecule has 0 radical (unpaired) electrons. The highest BCUT2D eigenvalue weighted by atomic mass is 19.1. The first-order chi connectivity index (χ1) is 26.3. The van der Waals surface area contributed by atoms with Crippen molar-refractivity contribution in [2.45, 2.75) is 83.1 Å². The predicted octanol–water partition coefficient (Wildman–Crippen LogP) is 6.73. The number of carbonyl (C=O) groups is 2. The van der Waals surface area contributed by atoms with Crippen molar-refractivity contribution in [3.63, 3.8) is 0 Å². The van der Waals surface area contributed by atoms with Crippen molar-refractivity contribution in [1.82, 2.24) is 4.57 Å². The molecule has 0 saturated carbocycles. The van der Waals surface area contributed by atoms with Gasteiger partial charge in [0.05, 0.1) is 36.5 Å². The second kappa shape index (κ2) is 20.5. The smallest absolute Gasteiger partial charge is 0.308 e. The molecule has 15 nitrogen and oxygen atoms in total. The Morgan fingerprint density at radius 1 is 0.855 bits per heavy atom. The molecular formula is C39H45FN4O11. The number of para-hydroxylation sites is 1. The number of aliphatic hydroxyl groups is 2. The summed E-state index contributed by atoms with van der Waals surface area (Å²) >= 11 is 0. The molecule has 3 atom stereocenters. The largest absolute Gasteiger partial charge is 0.466 e. The number of rotatable bonds is 22. The molecule has 55 heavy (non-hydrogen) atoms. The van der Waals surface area contributed by atoms with E-state index in [1.807, 2.05) is 66.9 Å². The lowest BCUT2D eigenvalue weighted by atomic mass is 9.94. The highest BCUT2D eigenvalue weighted by Crippen LogP contribution is 2.42. The summed E-state index contributed by atoms with van der Waals surface area (Å²) in [5.41, 5.74) is 4.47. The van der Waals surface area contributed by atoms with E-state index in [0.29, 0.717) is 33.8 Å². The molecule has 16 heteroatoms. The molecule has 0 aliphatic carbocycles. The van der Waals surface area contributed by atoms with Crippen molar-refractivity contribution in [2.24, 2.45) is 0 Å². The number of carbonyl (C=O) groups excluding carboxylic acids is 2. The quantitative estimate of drug-likeness (QED) is 0.0331. The second-order valence-electron chi connectivity index (χ2n) is 13.2. The molecule has 0 bridgehead atoms. The number of unbranched alkanes of at least 4 members (excludes halogenated alkanes) is 1. The molecule has 1 aromatic heterocycles. The molecule has 0 saturated heterocycles. The van der Waals surface area contributed by atoms with Crippen LogP contribution < -0.4 is 5.32 Å². The molecule has 4 aromatic rings. The fourth-order valence-electron chi connectivity index (χ4n) is 6.35. The van der Waals surface area contributed by atoms with Gasteiger partial charge in [-0.1, -0.05) is 62.4 Å². The van der Waals surface area contributed by atoms with Gasteiger partial charge in [0.25, 0.3) is 16.1 Å². The zero-order valence-electron chi connectivity index (χ0n) is 30.5. The predicted molar refractivity (Wildman–Crippen MR) is 199 cm³/mol. The van der Waals surface area contributed by atoms with Crippen molar-refractivity contribution in [3.05, 3.63) is 122 Å². The van der Waals surface area contributed by atoms with Crippen molar-refractivity contribution >= 4 is 17.6 Å². The standard InChI is InChI=1S/C39H45FN4O11/c1-26(2)37-36(39(48)41-30-13-7-4-8-14-30)35(27-11-5-3-6-12-27)38(28-16-18-29(40)19-17-28)42(37)21-20-31(45)23-32(46)24-34(47)53-22-10-9-15-33(55-44(51)52)25-54-43(49)50/h3-8,11-14,16-19,26,31-33,45-46H,9-10,15,20-25H2,1-2H3,(H,41,48)/t31-,32-,33?/m1/s1. The van der Waals surface area contributed by atoms with Gasteiger partial charge in [-0.3, -0.25) is 9.59 Å². The number of esters is 1. The number of hydrogen-bond acceptors (Lipinski definition) is 11. The van der Waals surface area contributed by atoms with Crippen molar-refractivity contribution in [1.29, 1.82) is 0 Å². The summed E-state index contributed by atoms with van der Waals surface area (Å²) in [5.74, 6) is -1.65. The van der Waals surface area contributed by atoms with Crippen LogP contribution in [-0.2, 0) is 25.8 Å². The molecule has 294 valence electrons. The first kappa shape index (κ1) is 41.9. The molecule has 3 N–H and O–H groups in total. The Balaban J connectivity index is 1.48. The lowest BCUT2D eigenvalue weighted by Crippen LogP contribution is -2.25. The highest BCUT2D eigenvalue weighted by Gasteiger charge is 2.31. The van der Waals surface area contributed by atoms with Crippen LogP contribution in [0.3, 0.4) is 0 Å². The number of aromatic nitrogens is 1. The number of benzene rings is 3. The lowest BCUT2D eigenvalue weighted by Gasteiger charge is -2.20. The van der Waals surface area contributed by atoms with Crippen molar-refractivity contribution in [3.8, 4) is 22.4 Å². The Morgan fingerprint density at radius 3 is 2.13 bits per heavy atom. The van der Waals surface area contributed by atoms with E-state index in [0.717, 1.165) is 5.56 Å². The molecule has 0 aliphatic rings. The van der Waals surface area contributed by atoms with Crippen LogP contribution in [0.25, 0.3) is 22.4 Å². The van der Waals surface area contributed by atoms with E-state index in [-0.39, 0.29) is 57.1 Å². The van der Waals surface area contributed by atoms with Gasteiger partial charge >= 0.3 is 5.97 Å². The maximum absolute atomic E-state index is 14.2. The highest BCUT2D eigenvalue weighted by molar-refractivity contribution is 6.12. The fourth-order valence-corrected chi connectivity index (χ4v) is 6.35. The van der Waals surface area contributed by atoms with Gasteiger partial charge < -0.3 is 34.5 Å². The van der Waals surface area contributed by atoms with Gasteiger partial charge in [-0.25, -0.2) is 4.39 Å². The summed E-state index contributed by atoms with van der Waals surface area (Å²) in [6.45, 7) is 3.44. The minimum Gasteiger partial charge on any atom is -0.466 e. The molecule has 1 heterocycles. The van der Waals surface area contributed by atoms with Crippen LogP contribution in [0.2, 0.25) is 0 Å². The number of nitrogens with zero attached hydrogens (tertiary/aromatic N) is 3. The molecule has 1 unspecified atom stereocenters. The zero-order chi connectivity index (χ0) is 39.9. The number of hydrogen-bond donors (Lipinski definition) is 3. The molecule has 0 spiro atoms. The van der Waals surface area contributed by atoms with Crippen LogP contribution in [0, 0.1) is 26.0 Å². The zero-order valence-corrected chi connectivity index (χ0v) is 30.5. The molecule has 0 aliphatic heterocycles. The molecule has 0 fully saturated rings. The van der Waals surface area contributed by atoms with Gasteiger partial charge in [-0.15, -0.1) is 20.2 Å². The van der Waals surface area contributed by atoms with Gasteiger partial charge in [-0.05, 0) is 85.5 Å². The molecular weight excluding hydrogens is 719 g/mol. The third-order valence-electron chi connectivity index (χ3n) is 8.71. The van der Waals surface area contributed by atoms with Gasteiger partial charge in [0.2, 0.25) is 0 Å². The van der Waals surface area contributed by atoms with E-state index in [4.69, 9.17) is 4.74 Å². The number of halogens is 1. The lowest BCUT2D eigenvalue weighted by molar-refractivity contribution is -0.790. The van der Waals surface area contributed by atoms with Crippen LogP contribution in [-0.4, -0.2) is 68.4 Å². The Labute approximate surface area is 316 Å². The van der Waals surface area contributed by atoms with Crippen LogP contribution in [0.15, 0.2) is 84.9 Å². The minimum absolute atomic E-state index is 0.0377. The maximum Gasteiger partial charge on any atom is 0.308 e. The van der Waals surface area contributed by atoms with Crippen LogP contribution in [0.1, 0.15) is 74.3 Å². The van der Waals surface area contributed by atoms with Gasteiger partial charge in [0.1, 0.15) is 18.5 Å². The Hall–Kier alpha value is -5.87. The minimum atomic E-state index is -1.24. The third-order valence-corrected chi connectivity index (χ3v) is 8.71. The first-order valence-electron chi connectivity index (χ1n) is 17.9. The summed E-state index contributed by atoms with van der Waals surface area (Å²) in [6.07, 6.45) is -3.31. The summed E-state index contributed by atoms with van der Waals surface area (Å²) < 4.78 is 21.3. The third kappa shape index (κ3) is 12.6. The SMILES string of the molecule is CC(C)c1c(C(=O)Nc2ccccc2)c(-c2ccccc2)c(-c2ccc(F)cc2)n1CC[C@@H](O)C[C@@H](O)CC(=O)OCCCCC(CO[N+](=O)[O-])O[N+](=O)[O-]. The van der Waals surface area contributed by atoms with E-state index in [9.17, 15) is 44.4 Å². The fraction of sp³-hybridized carbons (Fsp3) is 0.385. The summed E-state index contributed by atoms with van der Waals surface area (Å²) in [6, 6.07) is 24.5. The number of amides is 1. The first-order valence-corrected chi connectivity index (χ1v) is 17.9. The average molecular weight is 765 g/mol. The van der Waals surface area contributed by atoms with Crippen LogP contribution >= 0.6 is 0 Å². The normalized spacial score (nSPS) is 12.8. The number of anilines is 1. The van der Waals surface area contributed by atoms with E-state index < -0.39 is 53.3 Å². The van der Waals surface area contributed by atoms with E-state index in [1.165, 1.54) is 12.1 Å². The van der Waals surface area contributed by atoms with Gasteiger partial charge in [-0.2, -0.15) is 0 Å². The maximum atomic E-state index is 14.2. The monoisotopic (exact) mass is 764 g/mol. The van der Waals surface area contributed by atoms with E-state index in [1.54, 1.807) is 24.3 Å². The Morgan fingerprint density at radius 2 is 1.51 bits per heavy atom. The summed E-state index contributed by atoms with van der Waals surface area (Å²) in [5, 5.41) is 43.6. The van der Waals surface area contributed by atoms with Gasteiger partial charge in [0, 0.05) is 23.5 Å². The Bertz CT molecular complexity index is 1870. The number of aliphatic hydroxyl groups excluding tert-OH is 2.